The van der Waals surface area contributed by atoms with E-state index in [1.54, 1.807) is 36.5 Å². The fourth-order valence-electron chi connectivity index (χ4n) is 2.81. The zero-order valence-electron chi connectivity index (χ0n) is 15.4. The maximum Gasteiger partial charge on any atom is 0.338 e. The number of nitrogens with zero attached hydrogens (tertiary/aromatic N) is 2. The zero-order chi connectivity index (χ0) is 19.4. The fraction of sp³-hybridized carbons (Fsp3) is 0.250. The van der Waals surface area contributed by atoms with Crippen molar-refractivity contribution < 1.29 is 19.1 Å². The Morgan fingerprint density at radius 3 is 2.56 bits per heavy atom. The lowest BCUT2D eigenvalue weighted by Crippen LogP contribution is -2.15. The van der Waals surface area contributed by atoms with Crippen molar-refractivity contribution in [3.8, 4) is 10.9 Å². The van der Waals surface area contributed by atoms with E-state index in [2.05, 4.69) is 4.98 Å². The van der Waals surface area contributed by atoms with Crippen LogP contribution in [0, 0.1) is 13.8 Å². The topological polar surface area (TPSA) is 70.4 Å². The van der Waals surface area contributed by atoms with Gasteiger partial charge in [0.05, 0.1) is 12.2 Å². The van der Waals surface area contributed by atoms with Crippen LogP contribution in [0.5, 0.6) is 5.75 Å². The van der Waals surface area contributed by atoms with Gasteiger partial charge in [0.25, 0.3) is 0 Å². The van der Waals surface area contributed by atoms with Crippen LogP contribution in [0.15, 0.2) is 41.9 Å². The summed E-state index contributed by atoms with van der Waals surface area (Å²) >= 11 is 1.49. The first-order valence-electron chi connectivity index (χ1n) is 8.53. The molecule has 2 heterocycles. The van der Waals surface area contributed by atoms with E-state index >= 15 is 0 Å². The van der Waals surface area contributed by atoms with Crippen molar-refractivity contribution in [3.05, 3.63) is 64.4 Å². The van der Waals surface area contributed by atoms with Crippen LogP contribution in [0.3, 0.4) is 0 Å². The molecular formula is C20H20N2O4S. The Kier molecular flexibility index (Phi) is 5.71. The fourth-order valence-corrected chi connectivity index (χ4v) is 3.56. The van der Waals surface area contributed by atoms with Crippen molar-refractivity contribution in [1.29, 1.82) is 0 Å². The number of ketones is 1. The lowest BCUT2D eigenvalue weighted by Gasteiger charge is -2.07. The number of carbonyl (C=O) groups is 2. The predicted molar refractivity (Wildman–Crippen MR) is 103 cm³/mol. The van der Waals surface area contributed by atoms with E-state index < -0.39 is 5.97 Å². The summed E-state index contributed by atoms with van der Waals surface area (Å²) in [5.74, 6) is -0.106. The highest BCUT2D eigenvalue weighted by Crippen LogP contribution is 2.22. The third-order valence-electron chi connectivity index (χ3n) is 4.08. The number of rotatable bonds is 7. The lowest BCUT2D eigenvalue weighted by molar-refractivity contribution is 0.0474. The molecule has 0 N–H and O–H groups in total. The normalized spacial score (nSPS) is 10.6. The van der Waals surface area contributed by atoms with E-state index in [1.807, 2.05) is 30.7 Å². The standard InChI is InChI=1S/C20H20N2O4S/c1-4-25-16-7-5-15(6-8-16)19(24)26-12-18(23)17-11-13(2)22(14(17)3)20-21-9-10-27-20/h5-11H,4,12H2,1-3H3. The van der Waals surface area contributed by atoms with Gasteiger partial charge in [0.1, 0.15) is 5.75 Å². The largest absolute Gasteiger partial charge is 0.494 e. The number of Topliss-reactive ketones (excluding diaryl/α,β-unsaturated/α-hetero) is 1. The molecule has 0 aliphatic heterocycles. The molecule has 1 aromatic carbocycles. The number of esters is 1. The number of hydrogen-bond acceptors (Lipinski definition) is 6. The maximum absolute atomic E-state index is 12.5. The second kappa shape index (κ2) is 8.18. The van der Waals surface area contributed by atoms with Crippen LogP contribution in [-0.4, -0.2) is 34.5 Å². The molecule has 0 radical (unpaired) electrons. The summed E-state index contributed by atoms with van der Waals surface area (Å²) in [6.45, 7) is 5.90. The van der Waals surface area contributed by atoms with Crippen molar-refractivity contribution in [2.75, 3.05) is 13.2 Å². The number of thiazole rings is 1. The predicted octanol–water partition coefficient (Wildman–Crippen LogP) is 3.99. The average Bonchev–Trinajstić information content (AvgIpc) is 3.28. The molecule has 140 valence electrons. The Bertz CT molecular complexity index is 943. The summed E-state index contributed by atoms with van der Waals surface area (Å²) in [6.07, 6.45) is 1.72. The van der Waals surface area contributed by atoms with E-state index in [9.17, 15) is 9.59 Å². The van der Waals surface area contributed by atoms with Gasteiger partial charge in [0, 0.05) is 28.5 Å². The van der Waals surface area contributed by atoms with Gasteiger partial charge in [-0.05, 0) is 51.1 Å². The summed E-state index contributed by atoms with van der Waals surface area (Å²) in [4.78, 5) is 29.0. The number of carbonyl (C=O) groups excluding carboxylic acids is 2. The van der Waals surface area contributed by atoms with Crippen LogP contribution >= 0.6 is 11.3 Å². The molecule has 27 heavy (non-hydrogen) atoms. The number of hydrogen-bond donors (Lipinski definition) is 0. The molecule has 3 aromatic rings. The first-order chi connectivity index (χ1) is 13.0. The summed E-state index contributed by atoms with van der Waals surface area (Å²) in [7, 11) is 0. The molecule has 0 unspecified atom stereocenters. The highest BCUT2D eigenvalue weighted by atomic mass is 32.1. The second-order valence-electron chi connectivity index (χ2n) is 5.89. The van der Waals surface area contributed by atoms with Gasteiger partial charge in [-0.25, -0.2) is 9.78 Å². The summed E-state index contributed by atoms with van der Waals surface area (Å²) in [5.41, 5.74) is 2.59. The van der Waals surface area contributed by atoms with Gasteiger partial charge < -0.3 is 9.47 Å². The number of aromatic nitrogens is 2. The molecule has 0 atom stereocenters. The molecule has 0 aliphatic carbocycles. The molecule has 0 amide bonds. The number of ether oxygens (including phenoxy) is 2. The number of benzene rings is 1. The van der Waals surface area contributed by atoms with E-state index in [4.69, 9.17) is 9.47 Å². The highest BCUT2D eigenvalue weighted by Gasteiger charge is 2.19. The Balaban J connectivity index is 1.67. The van der Waals surface area contributed by atoms with Crippen LogP contribution in [0.2, 0.25) is 0 Å². The minimum atomic E-state index is -0.542. The first-order valence-corrected chi connectivity index (χ1v) is 9.41. The van der Waals surface area contributed by atoms with Crippen molar-refractivity contribution >= 4 is 23.1 Å². The molecule has 3 rings (SSSR count). The molecule has 2 aromatic heterocycles. The van der Waals surface area contributed by atoms with Crippen molar-refractivity contribution in [3.63, 3.8) is 0 Å². The van der Waals surface area contributed by atoms with Crippen LogP contribution in [-0.2, 0) is 4.74 Å². The highest BCUT2D eigenvalue weighted by molar-refractivity contribution is 7.12. The van der Waals surface area contributed by atoms with E-state index in [0.29, 0.717) is 23.5 Å². The molecule has 0 saturated heterocycles. The van der Waals surface area contributed by atoms with Gasteiger partial charge in [-0.1, -0.05) is 0 Å². The quantitative estimate of drug-likeness (QED) is 0.455. The minimum Gasteiger partial charge on any atom is -0.494 e. The van der Waals surface area contributed by atoms with Gasteiger partial charge in [0.15, 0.2) is 11.7 Å². The number of aryl methyl sites for hydroxylation is 1. The Hall–Kier alpha value is -2.93. The third-order valence-corrected chi connectivity index (χ3v) is 4.83. The van der Waals surface area contributed by atoms with Crippen LogP contribution < -0.4 is 4.74 Å². The van der Waals surface area contributed by atoms with E-state index in [0.717, 1.165) is 16.5 Å². The van der Waals surface area contributed by atoms with Crippen molar-refractivity contribution in [2.45, 2.75) is 20.8 Å². The lowest BCUT2D eigenvalue weighted by atomic mass is 10.1. The van der Waals surface area contributed by atoms with Gasteiger partial charge in [-0.2, -0.15) is 0 Å². The second-order valence-corrected chi connectivity index (χ2v) is 6.76. The van der Waals surface area contributed by atoms with Gasteiger partial charge in [0.2, 0.25) is 5.78 Å². The molecular weight excluding hydrogens is 364 g/mol. The van der Waals surface area contributed by atoms with Crippen LogP contribution in [0.25, 0.3) is 5.13 Å². The van der Waals surface area contributed by atoms with E-state index in [1.165, 1.54) is 11.3 Å². The smallest absolute Gasteiger partial charge is 0.338 e. The Morgan fingerprint density at radius 2 is 1.93 bits per heavy atom. The molecule has 0 saturated carbocycles. The molecule has 0 aliphatic rings. The van der Waals surface area contributed by atoms with Gasteiger partial charge >= 0.3 is 5.97 Å². The molecule has 0 bridgehead atoms. The van der Waals surface area contributed by atoms with Crippen LogP contribution in [0.1, 0.15) is 39.0 Å². The first kappa shape index (κ1) is 18.8. The van der Waals surface area contributed by atoms with Gasteiger partial charge in [-0.15, -0.1) is 11.3 Å². The Morgan fingerprint density at radius 1 is 1.19 bits per heavy atom. The molecule has 0 fully saturated rings. The summed E-state index contributed by atoms with van der Waals surface area (Å²) in [5, 5.41) is 2.68. The van der Waals surface area contributed by atoms with Crippen molar-refractivity contribution in [2.24, 2.45) is 0 Å². The summed E-state index contributed by atoms with van der Waals surface area (Å²) in [6, 6.07) is 8.43. The molecule has 0 spiro atoms. The average molecular weight is 384 g/mol. The van der Waals surface area contributed by atoms with Gasteiger partial charge in [-0.3, -0.25) is 9.36 Å². The molecule has 6 nitrogen and oxygen atoms in total. The summed E-state index contributed by atoms with van der Waals surface area (Å²) < 4.78 is 12.5. The third kappa shape index (κ3) is 4.09. The van der Waals surface area contributed by atoms with Crippen molar-refractivity contribution in [1.82, 2.24) is 9.55 Å². The van der Waals surface area contributed by atoms with E-state index in [-0.39, 0.29) is 12.4 Å². The molecule has 7 heteroatoms. The SMILES string of the molecule is CCOc1ccc(C(=O)OCC(=O)c2cc(C)n(-c3nccs3)c2C)cc1. The van der Waals surface area contributed by atoms with Crippen LogP contribution in [0.4, 0.5) is 0 Å². The monoisotopic (exact) mass is 384 g/mol. The minimum absolute atomic E-state index is 0.245. The Labute approximate surface area is 161 Å². The maximum atomic E-state index is 12.5. The zero-order valence-corrected chi connectivity index (χ0v) is 16.2.